The Bertz CT molecular complexity index is 441. The average Bonchev–Trinajstić information content (AvgIpc) is 3.52. The zero-order valence-electron chi connectivity index (χ0n) is 16.3. The second-order valence-corrected chi connectivity index (χ2v) is 8.19. The van der Waals surface area contributed by atoms with Crippen LogP contribution in [0.2, 0.25) is 0 Å². The van der Waals surface area contributed by atoms with Crippen LogP contribution in [-0.2, 0) is 28.4 Å². The molecule has 0 aromatic rings. The number of hydrogen-bond donors (Lipinski definition) is 6. The third-order valence-corrected chi connectivity index (χ3v) is 6.00. The van der Waals surface area contributed by atoms with Crippen molar-refractivity contribution in [2.24, 2.45) is 0 Å². The number of aliphatic hydroxyl groups is 6. The zero-order chi connectivity index (χ0) is 21.4. The Morgan fingerprint density at radius 1 is 0.300 bits per heavy atom. The average molecular weight is 438 g/mol. The Balaban J connectivity index is 0.000000109. The summed E-state index contributed by atoms with van der Waals surface area (Å²) >= 11 is 0. The smallest absolute Gasteiger partial charge is 0.114 e. The zero-order valence-corrected chi connectivity index (χ0v) is 16.3. The first-order valence-corrected chi connectivity index (χ1v) is 10.1. The third-order valence-electron chi connectivity index (χ3n) is 6.00. The first-order valence-electron chi connectivity index (χ1n) is 10.1. The van der Waals surface area contributed by atoms with Crippen LogP contribution in [0.15, 0.2) is 0 Å². The summed E-state index contributed by atoms with van der Waals surface area (Å²) in [6, 6.07) is 0. The monoisotopic (exact) mass is 438 g/mol. The molecule has 6 heterocycles. The first-order chi connectivity index (χ1) is 14.4. The van der Waals surface area contributed by atoms with Crippen LogP contribution in [0.3, 0.4) is 0 Å². The van der Waals surface area contributed by atoms with Gasteiger partial charge in [-0.1, -0.05) is 0 Å². The lowest BCUT2D eigenvalue weighted by Gasteiger charge is -2.09. The minimum Gasteiger partial charge on any atom is -0.388 e. The van der Waals surface area contributed by atoms with Crippen LogP contribution in [0, 0.1) is 0 Å². The Morgan fingerprint density at radius 2 is 0.433 bits per heavy atom. The highest BCUT2D eigenvalue weighted by atomic mass is 16.6. The van der Waals surface area contributed by atoms with E-state index in [4.69, 9.17) is 59.1 Å². The van der Waals surface area contributed by atoms with Crippen molar-refractivity contribution in [3.05, 3.63) is 0 Å². The van der Waals surface area contributed by atoms with Gasteiger partial charge in [-0.05, 0) is 0 Å². The molecule has 30 heavy (non-hydrogen) atoms. The van der Waals surface area contributed by atoms with Crippen molar-refractivity contribution in [3.63, 3.8) is 0 Å². The number of ether oxygens (including phenoxy) is 6. The molecule has 6 aliphatic heterocycles. The van der Waals surface area contributed by atoms with Gasteiger partial charge in [-0.2, -0.15) is 0 Å². The molecule has 6 aliphatic rings. The quantitative estimate of drug-likeness (QED) is 0.214. The lowest BCUT2D eigenvalue weighted by atomic mass is 10.1. The molecule has 12 heteroatoms. The highest BCUT2D eigenvalue weighted by molar-refractivity contribution is 4.95. The summed E-state index contributed by atoms with van der Waals surface area (Å²) in [7, 11) is 0. The standard InChI is InChI=1S/3C6H10O4/c3*7-3-1-9-6-4(8)2-10-5(3)6/h3*3-8H,1-2H2/t2*3-,4+,5-,6-;3-,4-,5-,6-/m111/s1. The van der Waals surface area contributed by atoms with Crippen LogP contribution in [0.25, 0.3) is 0 Å². The van der Waals surface area contributed by atoms with Gasteiger partial charge in [0.15, 0.2) is 0 Å². The summed E-state index contributed by atoms with van der Waals surface area (Å²) in [6.45, 7) is 1.70. The molecule has 0 aromatic carbocycles. The molecule has 0 unspecified atom stereocenters. The molecule has 0 saturated carbocycles. The highest BCUT2D eigenvalue weighted by Crippen LogP contribution is 2.28. The van der Waals surface area contributed by atoms with E-state index in [2.05, 4.69) is 0 Å². The molecule has 12 nitrogen and oxygen atoms in total. The van der Waals surface area contributed by atoms with E-state index in [1.165, 1.54) is 0 Å². The van der Waals surface area contributed by atoms with E-state index in [0.717, 1.165) is 0 Å². The molecule has 0 spiro atoms. The molecule has 0 amide bonds. The van der Waals surface area contributed by atoms with Crippen LogP contribution < -0.4 is 0 Å². The molecular weight excluding hydrogens is 408 g/mol. The molecule has 0 bridgehead atoms. The van der Waals surface area contributed by atoms with Crippen LogP contribution in [0.5, 0.6) is 0 Å². The number of rotatable bonds is 0. The van der Waals surface area contributed by atoms with E-state index < -0.39 is 36.6 Å². The maximum Gasteiger partial charge on any atom is 0.114 e. The van der Waals surface area contributed by atoms with E-state index >= 15 is 0 Å². The van der Waals surface area contributed by atoms with E-state index in [-0.39, 0.29) is 76.3 Å². The molecule has 6 fully saturated rings. The van der Waals surface area contributed by atoms with Crippen molar-refractivity contribution in [2.45, 2.75) is 73.2 Å². The summed E-state index contributed by atoms with van der Waals surface area (Å²) in [4.78, 5) is 0. The Hall–Kier alpha value is -0.480. The van der Waals surface area contributed by atoms with Crippen LogP contribution >= 0.6 is 0 Å². The summed E-state index contributed by atoms with van der Waals surface area (Å²) in [5.41, 5.74) is 0. The number of aliphatic hydroxyl groups excluding tert-OH is 6. The van der Waals surface area contributed by atoms with Gasteiger partial charge in [0.25, 0.3) is 0 Å². The normalized spacial score (nSPS) is 53.4. The van der Waals surface area contributed by atoms with Crippen LogP contribution in [-0.4, -0.2) is 144 Å². The first kappa shape index (κ1) is 22.7. The topological polar surface area (TPSA) is 177 Å². The SMILES string of the molecule is O[C@@H]1CO[C@H]2[C@@H]1OC[C@@H]2O.O[C@@H]1CO[C@H]2[C@@H]1OC[C@@H]2O.O[C@@H]1CO[C@H]2[C@@H]1OC[C@H]2O. The van der Waals surface area contributed by atoms with Crippen LogP contribution in [0.4, 0.5) is 0 Å². The van der Waals surface area contributed by atoms with Crippen molar-refractivity contribution in [1.82, 2.24) is 0 Å². The van der Waals surface area contributed by atoms with Gasteiger partial charge in [-0.15, -0.1) is 0 Å². The van der Waals surface area contributed by atoms with Crippen molar-refractivity contribution in [3.8, 4) is 0 Å². The summed E-state index contributed by atoms with van der Waals surface area (Å²) in [5.74, 6) is 0. The van der Waals surface area contributed by atoms with E-state index in [9.17, 15) is 0 Å². The molecule has 6 saturated heterocycles. The molecule has 174 valence electrons. The molecule has 6 N–H and O–H groups in total. The fourth-order valence-corrected chi connectivity index (χ4v) is 4.38. The van der Waals surface area contributed by atoms with Gasteiger partial charge in [0.2, 0.25) is 0 Å². The summed E-state index contributed by atoms with van der Waals surface area (Å²) in [6.07, 6.45) is -5.10. The largest absolute Gasteiger partial charge is 0.388 e. The predicted octanol–water partition coefficient (Wildman–Crippen LogP) is -4.48. The second-order valence-electron chi connectivity index (χ2n) is 8.19. The van der Waals surface area contributed by atoms with E-state index in [1.807, 2.05) is 0 Å². The van der Waals surface area contributed by atoms with E-state index in [0.29, 0.717) is 0 Å². The maximum absolute atomic E-state index is 9.16. The lowest BCUT2D eigenvalue weighted by Crippen LogP contribution is -2.30. The van der Waals surface area contributed by atoms with Gasteiger partial charge in [0.1, 0.15) is 73.2 Å². The molecule has 0 radical (unpaired) electrons. The molecular formula is C18H30O12. The Kier molecular flexibility index (Phi) is 7.24. The van der Waals surface area contributed by atoms with Gasteiger partial charge in [-0.25, -0.2) is 0 Å². The van der Waals surface area contributed by atoms with Crippen LogP contribution in [0.1, 0.15) is 0 Å². The third kappa shape index (κ3) is 4.51. The lowest BCUT2D eigenvalue weighted by molar-refractivity contribution is 0.00201. The Labute approximate surface area is 172 Å². The van der Waals surface area contributed by atoms with E-state index in [1.54, 1.807) is 0 Å². The number of hydrogen-bond acceptors (Lipinski definition) is 12. The second kappa shape index (κ2) is 9.57. The fraction of sp³-hybridized carbons (Fsp3) is 1.00. The fourth-order valence-electron chi connectivity index (χ4n) is 4.38. The highest BCUT2D eigenvalue weighted by Gasteiger charge is 2.47. The van der Waals surface area contributed by atoms with Crippen molar-refractivity contribution in [1.29, 1.82) is 0 Å². The predicted molar refractivity (Wildman–Crippen MR) is 94.5 cm³/mol. The van der Waals surface area contributed by atoms with Gasteiger partial charge in [0, 0.05) is 0 Å². The summed E-state index contributed by atoms with van der Waals surface area (Å²) < 4.78 is 30.5. The van der Waals surface area contributed by atoms with Gasteiger partial charge >= 0.3 is 0 Å². The van der Waals surface area contributed by atoms with Gasteiger partial charge in [0.05, 0.1) is 39.6 Å². The molecule has 6 rings (SSSR count). The van der Waals surface area contributed by atoms with Gasteiger partial charge in [-0.3, -0.25) is 0 Å². The van der Waals surface area contributed by atoms with Crippen molar-refractivity contribution in [2.75, 3.05) is 39.6 Å². The summed E-state index contributed by atoms with van der Waals surface area (Å²) in [5, 5.41) is 54.9. The molecule has 0 aliphatic carbocycles. The minimum absolute atomic E-state index is 0.284. The Morgan fingerprint density at radius 3 is 0.567 bits per heavy atom. The number of fused-ring (bicyclic) bond motifs is 3. The van der Waals surface area contributed by atoms with Crippen molar-refractivity contribution < 1.29 is 59.1 Å². The molecule has 12 atom stereocenters. The van der Waals surface area contributed by atoms with Crippen molar-refractivity contribution >= 4 is 0 Å². The van der Waals surface area contributed by atoms with Gasteiger partial charge < -0.3 is 59.1 Å². The minimum atomic E-state index is -0.554. The maximum atomic E-state index is 9.16. The molecule has 0 aromatic heterocycles.